The first kappa shape index (κ1) is 43.5. The number of imidazole rings is 1. The number of nitrogens with two attached hydrogens (primary N) is 1. The molecule has 1 aliphatic heterocycles. The van der Waals surface area contributed by atoms with Crippen molar-refractivity contribution in [3.63, 3.8) is 0 Å². The summed E-state index contributed by atoms with van der Waals surface area (Å²) in [7, 11) is -16.3. The van der Waals surface area contributed by atoms with Gasteiger partial charge in [0.2, 0.25) is 11.8 Å². The summed E-state index contributed by atoms with van der Waals surface area (Å²) in [6, 6.07) is 0. The zero-order valence-corrected chi connectivity index (χ0v) is 30.9. The van der Waals surface area contributed by atoms with E-state index in [9.17, 15) is 53.1 Å². The van der Waals surface area contributed by atoms with Crippen LogP contribution in [0.25, 0.3) is 11.2 Å². The van der Waals surface area contributed by atoms with Crippen LogP contribution in [0.4, 0.5) is 5.82 Å². The van der Waals surface area contributed by atoms with Crippen LogP contribution in [0.5, 0.6) is 0 Å². The summed E-state index contributed by atoms with van der Waals surface area (Å²) >= 11 is 3.95. The Labute approximate surface area is 287 Å². The molecule has 8 atom stereocenters. The number of nitrogen functional groups attached to an aromatic ring is 1. The zero-order valence-electron chi connectivity index (χ0n) is 25.9. The van der Waals surface area contributed by atoms with E-state index < -0.39 is 78.6 Å². The first-order valence-electron chi connectivity index (χ1n) is 13.7. The number of aliphatic hydroxyl groups is 2. The van der Waals surface area contributed by atoms with Gasteiger partial charge in [0.05, 0.1) is 19.5 Å². The van der Waals surface area contributed by atoms with Gasteiger partial charge in [-0.1, -0.05) is 13.8 Å². The van der Waals surface area contributed by atoms with Crippen molar-refractivity contribution in [3.05, 3.63) is 12.7 Å². The molecule has 0 radical (unpaired) electrons. The molecule has 0 saturated carbocycles. The highest BCUT2D eigenvalue weighted by Gasteiger charge is 2.50. The van der Waals surface area contributed by atoms with E-state index in [2.05, 4.69) is 47.0 Å². The molecular weight excluding hydrogens is 762 g/mol. The number of nitrogens with one attached hydrogen (secondary N) is 2. The van der Waals surface area contributed by atoms with Crippen LogP contribution < -0.4 is 16.4 Å². The van der Waals surface area contributed by atoms with Gasteiger partial charge in [0.15, 0.2) is 17.7 Å². The lowest BCUT2D eigenvalue weighted by atomic mass is 9.87. The van der Waals surface area contributed by atoms with Crippen molar-refractivity contribution >= 4 is 74.8 Å². The number of hydrogen-bond donors (Lipinski definition) is 10. The summed E-state index contributed by atoms with van der Waals surface area (Å²) in [6.07, 6.45) is -6.74. The van der Waals surface area contributed by atoms with Gasteiger partial charge in [0.1, 0.15) is 36.3 Å². The standard InChI is InChI=1S/C21H36N7O16P3S.H3P/c1-21(2,16(31)19(32)24-4-3-12(29)23-5-6-48)8-41-47(38,39)44-46(36,37)40-7-11-15(43-45(33,34)35)14(30)20(42-11)28-10-27-13-17(22)25-9-26-18(13)28;/h9-11,14-16,20,30-31,48H,3-8H2,1-2H3,(H,23,29)(H,24,32)(H,36,37)(H,38,39)(H2,22,25,26)(H2,33,34,35);1H3/t11-,14-,15-,16+,20-;/m1./s1. The predicted octanol–water partition coefficient (Wildman–Crippen LogP) is -1.61. The average molecular weight is 802 g/mol. The SMILES string of the molecule is CC(C)(COP(=O)(O)OP(=O)(O)OC[C@H]1O[C@@H](n2cnc3c(N)ncnc32)[C@H](O)[C@@H]1OP(=O)(O)O)[C@@H](O)C(=O)NCCC(=O)NCCS.P. The van der Waals surface area contributed by atoms with E-state index in [1.807, 2.05) is 0 Å². The second kappa shape index (κ2) is 17.7. The molecule has 2 aromatic heterocycles. The number of rotatable bonds is 18. The van der Waals surface area contributed by atoms with Crippen LogP contribution in [0.2, 0.25) is 0 Å². The second-order valence-electron chi connectivity index (χ2n) is 10.8. The number of thiol groups is 1. The van der Waals surface area contributed by atoms with Crippen molar-refractivity contribution in [3.8, 4) is 0 Å². The van der Waals surface area contributed by atoms with Crippen LogP contribution >= 0.6 is 46.0 Å². The van der Waals surface area contributed by atoms with Crippen LogP contribution in [-0.2, 0) is 45.9 Å². The van der Waals surface area contributed by atoms with Crippen LogP contribution in [0, 0.1) is 5.41 Å². The number of carbonyl (C=O) groups is 2. The van der Waals surface area contributed by atoms with Gasteiger partial charge in [-0.15, -0.1) is 0 Å². The number of ether oxygens (including phenoxy) is 1. The average Bonchev–Trinajstić information content (AvgIpc) is 3.54. The smallest absolute Gasteiger partial charge is 0.386 e. The van der Waals surface area contributed by atoms with Gasteiger partial charge >= 0.3 is 23.5 Å². The van der Waals surface area contributed by atoms with Crippen LogP contribution in [0.3, 0.4) is 0 Å². The lowest BCUT2D eigenvalue weighted by Gasteiger charge is -2.30. The Kier molecular flexibility index (Phi) is 15.7. The third-order valence-corrected chi connectivity index (χ3v) is 9.83. The summed E-state index contributed by atoms with van der Waals surface area (Å²) in [4.78, 5) is 74.6. The Bertz CT molecular complexity index is 1600. The quantitative estimate of drug-likeness (QED) is 0.0599. The van der Waals surface area contributed by atoms with Gasteiger partial charge in [-0.05, 0) is 0 Å². The first-order chi connectivity index (χ1) is 22.2. The Hall–Kier alpha value is -1.68. The maximum atomic E-state index is 12.6. The summed E-state index contributed by atoms with van der Waals surface area (Å²) in [5.41, 5.74) is 4.30. The highest BCUT2D eigenvalue weighted by molar-refractivity contribution is 7.80. The molecule has 10 N–H and O–H groups in total. The van der Waals surface area contributed by atoms with Gasteiger partial charge < -0.3 is 50.9 Å². The Balaban J connectivity index is 0.00000833. The molecule has 2 aromatic rings. The molecule has 3 unspecified atom stereocenters. The van der Waals surface area contributed by atoms with Gasteiger partial charge in [-0.2, -0.15) is 26.8 Å². The third kappa shape index (κ3) is 12.5. The number of hydrogen-bond acceptors (Lipinski definition) is 17. The fraction of sp³-hybridized carbons (Fsp3) is 0.667. The van der Waals surface area contributed by atoms with Gasteiger partial charge in [-0.3, -0.25) is 27.7 Å². The minimum Gasteiger partial charge on any atom is -0.386 e. The molecule has 23 nitrogen and oxygen atoms in total. The molecule has 28 heteroatoms. The normalized spacial score (nSPS) is 22.9. The molecule has 1 saturated heterocycles. The van der Waals surface area contributed by atoms with Crippen molar-refractivity contribution in [1.82, 2.24) is 30.2 Å². The summed E-state index contributed by atoms with van der Waals surface area (Å²) in [5, 5.41) is 26.1. The molecule has 2 amide bonds. The Morgan fingerprint density at radius 1 is 1.10 bits per heavy atom. The van der Waals surface area contributed by atoms with Crippen molar-refractivity contribution in [2.24, 2.45) is 5.41 Å². The molecule has 0 aromatic carbocycles. The summed E-state index contributed by atoms with van der Waals surface area (Å²) < 4.78 is 61.7. The Morgan fingerprint density at radius 2 is 1.76 bits per heavy atom. The molecule has 3 rings (SSSR count). The van der Waals surface area contributed by atoms with E-state index in [0.29, 0.717) is 12.3 Å². The maximum absolute atomic E-state index is 12.6. The number of amides is 2. The topological polar surface area (TPSA) is 347 Å². The zero-order chi connectivity index (χ0) is 36.1. The van der Waals surface area contributed by atoms with Gasteiger partial charge in [0, 0.05) is 30.7 Å². The van der Waals surface area contributed by atoms with E-state index in [0.717, 1.165) is 17.2 Å². The molecule has 280 valence electrons. The first-order valence-corrected chi connectivity index (χ1v) is 18.8. The number of anilines is 1. The van der Waals surface area contributed by atoms with Gasteiger partial charge in [0.25, 0.3) is 0 Å². The van der Waals surface area contributed by atoms with Crippen LogP contribution in [0.15, 0.2) is 12.7 Å². The van der Waals surface area contributed by atoms with Crippen LogP contribution in [-0.4, -0.2) is 118 Å². The second-order valence-corrected chi connectivity index (χ2v) is 15.5. The summed E-state index contributed by atoms with van der Waals surface area (Å²) in [5.74, 6) is -0.943. The Morgan fingerprint density at radius 3 is 2.39 bits per heavy atom. The highest BCUT2D eigenvalue weighted by Crippen LogP contribution is 2.61. The number of carbonyl (C=O) groups excluding carboxylic acids is 2. The minimum atomic E-state index is -5.54. The van der Waals surface area contributed by atoms with Crippen molar-refractivity contribution < 1.29 is 75.7 Å². The van der Waals surface area contributed by atoms with Crippen molar-refractivity contribution in [2.45, 2.75) is 50.9 Å². The molecule has 1 aliphatic rings. The van der Waals surface area contributed by atoms with E-state index in [-0.39, 0.29) is 45.8 Å². The molecule has 0 aliphatic carbocycles. The number of aliphatic hydroxyl groups excluding tert-OH is 2. The van der Waals surface area contributed by atoms with Crippen LogP contribution in [0.1, 0.15) is 26.5 Å². The molecule has 49 heavy (non-hydrogen) atoms. The highest BCUT2D eigenvalue weighted by atomic mass is 32.1. The number of phosphoric acid groups is 3. The minimum absolute atomic E-state index is 0. The monoisotopic (exact) mass is 801 g/mol. The van der Waals surface area contributed by atoms with E-state index in [4.69, 9.17) is 19.5 Å². The molecule has 3 heterocycles. The third-order valence-electron chi connectivity index (χ3n) is 6.51. The molecule has 1 fully saturated rings. The summed E-state index contributed by atoms with van der Waals surface area (Å²) in [6.45, 7) is 0.723. The number of nitrogens with zero attached hydrogens (tertiary/aromatic N) is 4. The fourth-order valence-corrected chi connectivity index (χ4v) is 7.08. The van der Waals surface area contributed by atoms with Gasteiger partial charge in [-0.25, -0.2) is 28.6 Å². The number of aromatic nitrogens is 4. The predicted molar refractivity (Wildman–Crippen MR) is 175 cm³/mol. The van der Waals surface area contributed by atoms with E-state index >= 15 is 0 Å². The lowest BCUT2D eigenvalue weighted by molar-refractivity contribution is -0.137. The molecule has 0 bridgehead atoms. The fourth-order valence-electron chi connectivity index (χ4n) is 4.14. The molecular formula is C21H39N7O16P4S. The largest absolute Gasteiger partial charge is 0.481 e. The van der Waals surface area contributed by atoms with E-state index in [1.165, 1.54) is 13.8 Å². The molecule has 0 spiro atoms. The number of phosphoric ester groups is 3. The maximum Gasteiger partial charge on any atom is 0.481 e. The van der Waals surface area contributed by atoms with Crippen molar-refractivity contribution in [2.75, 3.05) is 37.8 Å². The number of fused-ring (bicyclic) bond motifs is 1. The lowest BCUT2D eigenvalue weighted by Crippen LogP contribution is -2.46. The van der Waals surface area contributed by atoms with E-state index in [1.54, 1.807) is 0 Å². The van der Waals surface area contributed by atoms with Crippen molar-refractivity contribution in [1.29, 1.82) is 0 Å².